The highest BCUT2D eigenvalue weighted by Crippen LogP contribution is 2.30. The average Bonchev–Trinajstić information content (AvgIpc) is 2.45. The van der Waals surface area contributed by atoms with E-state index in [-0.39, 0.29) is 0 Å². The van der Waals surface area contributed by atoms with Gasteiger partial charge in [0.05, 0.1) is 6.42 Å². The molecule has 1 heterocycles. The zero-order valence-electron chi connectivity index (χ0n) is 10.3. The van der Waals surface area contributed by atoms with Gasteiger partial charge < -0.3 is 9.64 Å². The molecular formula is C11H18F3NO2. The Morgan fingerprint density at radius 3 is 2.41 bits per heavy atom. The smallest absolute Gasteiger partial charge is 0.410 e. The second-order valence-corrected chi connectivity index (χ2v) is 5.29. The molecule has 0 unspecified atom stereocenters. The number of ether oxygens (including phenoxy) is 1. The molecule has 0 aliphatic carbocycles. The standard InChI is InChI=1S/C11H18F3NO2/c1-10(2,3)17-9(16)15-6-4-5-8(15)7-11(12,13)14/h8H,4-7H2,1-3H3/t8-/m0/s1. The summed E-state index contributed by atoms with van der Waals surface area (Å²) in [4.78, 5) is 12.9. The molecule has 1 atom stereocenters. The maximum absolute atomic E-state index is 12.3. The number of likely N-dealkylation sites (tertiary alicyclic amines) is 1. The molecule has 1 aliphatic rings. The Balaban J connectivity index is 2.60. The van der Waals surface area contributed by atoms with Crippen LogP contribution in [0, 0.1) is 0 Å². The summed E-state index contributed by atoms with van der Waals surface area (Å²) in [5.41, 5.74) is -0.678. The quantitative estimate of drug-likeness (QED) is 0.717. The van der Waals surface area contributed by atoms with Crippen LogP contribution in [0.5, 0.6) is 0 Å². The number of carbonyl (C=O) groups is 1. The Kier molecular flexibility index (Phi) is 3.94. The van der Waals surface area contributed by atoms with Crippen LogP contribution in [0.3, 0.4) is 0 Å². The topological polar surface area (TPSA) is 29.5 Å². The highest BCUT2D eigenvalue weighted by molar-refractivity contribution is 5.68. The van der Waals surface area contributed by atoms with Crippen LogP contribution in [0.2, 0.25) is 0 Å². The zero-order chi connectivity index (χ0) is 13.3. The average molecular weight is 253 g/mol. The minimum absolute atomic E-state index is 0.343. The van der Waals surface area contributed by atoms with Crippen LogP contribution in [-0.4, -0.2) is 35.4 Å². The van der Waals surface area contributed by atoms with Crippen LogP contribution >= 0.6 is 0 Å². The predicted molar refractivity (Wildman–Crippen MR) is 56.6 cm³/mol. The van der Waals surface area contributed by atoms with Crippen molar-refractivity contribution in [1.29, 1.82) is 0 Å². The molecule has 6 heteroatoms. The van der Waals surface area contributed by atoms with Crippen LogP contribution in [-0.2, 0) is 4.74 Å². The second kappa shape index (κ2) is 4.74. The largest absolute Gasteiger partial charge is 0.444 e. The molecule has 1 aliphatic heterocycles. The van der Waals surface area contributed by atoms with Crippen molar-refractivity contribution in [2.45, 2.75) is 57.9 Å². The molecule has 17 heavy (non-hydrogen) atoms. The third-order valence-corrected chi connectivity index (χ3v) is 2.47. The molecular weight excluding hydrogens is 235 g/mol. The van der Waals surface area contributed by atoms with Crippen LogP contribution < -0.4 is 0 Å². The summed E-state index contributed by atoms with van der Waals surface area (Å²) in [5, 5.41) is 0. The molecule has 1 fully saturated rings. The summed E-state index contributed by atoms with van der Waals surface area (Å²) in [6.07, 6.45) is -4.86. The minimum Gasteiger partial charge on any atom is -0.444 e. The number of alkyl halides is 3. The number of nitrogens with zero attached hydrogens (tertiary/aromatic N) is 1. The van der Waals surface area contributed by atoms with Gasteiger partial charge in [0.2, 0.25) is 0 Å². The van der Waals surface area contributed by atoms with E-state index >= 15 is 0 Å². The number of hydrogen-bond donors (Lipinski definition) is 0. The molecule has 0 N–H and O–H groups in total. The van der Waals surface area contributed by atoms with E-state index < -0.39 is 30.3 Å². The third kappa shape index (κ3) is 4.83. The fourth-order valence-electron chi connectivity index (χ4n) is 1.88. The van der Waals surface area contributed by atoms with Crippen molar-refractivity contribution in [3.05, 3.63) is 0 Å². The van der Waals surface area contributed by atoms with Gasteiger partial charge in [-0.25, -0.2) is 4.79 Å². The lowest BCUT2D eigenvalue weighted by Gasteiger charge is -2.29. The lowest BCUT2D eigenvalue weighted by molar-refractivity contribution is -0.144. The number of hydrogen-bond acceptors (Lipinski definition) is 2. The van der Waals surface area contributed by atoms with Crippen molar-refractivity contribution in [2.24, 2.45) is 0 Å². The van der Waals surface area contributed by atoms with E-state index in [9.17, 15) is 18.0 Å². The first-order chi connectivity index (χ1) is 7.58. The second-order valence-electron chi connectivity index (χ2n) is 5.29. The van der Waals surface area contributed by atoms with Crippen LogP contribution in [0.25, 0.3) is 0 Å². The number of carbonyl (C=O) groups excluding carboxylic acids is 1. The molecule has 0 aromatic rings. The molecule has 100 valence electrons. The molecule has 0 spiro atoms. The fraction of sp³-hybridized carbons (Fsp3) is 0.909. The summed E-state index contributed by atoms with van der Waals surface area (Å²) in [6.45, 7) is 5.43. The van der Waals surface area contributed by atoms with Gasteiger partial charge in [-0.3, -0.25) is 0 Å². The van der Waals surface area contributed by atoms with Gasteiger partial charge in [0.15, 0.2) is 0 Å². The van der Waals surface area contributed by atoms with E-state index in [1.165, 1.54) is 4.90 Å². The highest BCUT2D eigenvalue weighted by Gasteiger charge is 2.39. The summed E-state index contributed by atoms with van der Waals surface area (Å²) in [7, 11) is 0. The SMILES string of the molecule is CC(C)(C)OC(=O)N1CCC[C@H]1CC(F)(F)F. The molecule has 0 saturated carbocycles. The molecule has 1 amide bonds. The van der Waals surface area contributed by atoms with Crippen molar-refractivity contribution in [3.8, 4) is 0 Å². The number of amides is 1. The Bertz CT molecular complexity index is 283. The van der Waals surface area contributed by atoms with Crippen molar-refractivity contribution in [1.82, 2.24) is 4.90 Å². The van der Waals surface area contributed by atoms with Gasteiger partial charge in [0, 0.05) is 12.6 Å². The number of halogens is 3. The minimum atomic E-state index is -4.24. The first-order valence-electron chi connectivity index (χ1n) is 5.65. The fourth-order valence-corrected chi connectivity index (χ4v) is 1.88. The van der Waals surface area contributed by atoms with E-state index in [4.69, 9.17) is 4.74 Å². The first-order valence-corrected chi connectivity index (χ1v) is 5.65. The summed E-state index contributed by atoms with van der Waals surface area (Å²) < 4.78 is 42.0. The van der Waals surface area contributed by atoms with Crippen molar-refractivity contribution in [2.75, 3.05) is 6.54 Å². The van der Waals surface area contributed by atoms with Crippen LogP contribution in [0.15, 0.2) is 0 Å². The Hall–Kier alpha value is -0.940. The molecule has 0 aromatic heterocycles. The van der Waals surface area contributed by atoms with Crippen molar-refractivity contribution in [3.63, 3.8) is 0 Å². The molecule has 0 aromatic carbocycles. The number of rotatable bonds is 1. The van der Waals surface area contributed by atoms with Gasteiger partial charge in [-0.15, -0.1) is 0 Å². The van der Waals surface area contributed by atoms with E-state index in [1.807, 2.05) is 0 Å². The van der Waals surface area contributed by atoms with Crippen molar-refractivity contribution >= 4 is 6.09 Å². The lowest BCUT2D eigenvalue weighted by Crippen LogP contribution is -2.41. The van der Waals surface area contributed by atoms with Gasteiger partial charge in [-0.05, 0) is 33.6 Å². The van der Waals surface area contributed by atoms with Gasteiger partial charge in [0.25, 0.3) is 0 Å². The lowest BCUT2D eigenvalue weighted by atomic mass is 10.1. The molecule has 0 radical (unpaired) electrons. The highest BCUT2D eigenvalue weighted by atomic mass is 19.4. The summed E-state index contributed by atoms with van der Waals surface area (Å²) in [5.74, 6) is 0. The third-order valence-electron chi connectivity index (χ3n) is 2.47. The van der Waals surface area contributed by atoms with Gasteiger partial charge >= 0.3 is 12.3 Å². The van der Waals surface area contributed by atoms with Crippen LogP contribution in [0.1, 0.15) is 40.0 Å². The Morgan fingerprint density at radius 2 is 1.94 bits per heavy atom. The van der Waals surface area contributed by atoms with Gasteiger partial charge in [-0.1, -0.05) is 0 Å². The van der Waals surface area contributed by atoms with E-state index in [1.54, 1.807) is 20.8 Å². The normalized spacial score (nSPS) is 21.8. The van der Waals surface area contributed by atoms with Gasteiger partial charge in [-0.2, -0.15) is 13.2 Å². The first kappa shape index (κ1) is 14.1. The van der Waals surface area contributed by atoms with Crippen molar-refractivity contribution < 1.29 is 22.7 Å². The zero-order valence-corrected chi connectivity index (χ0v) is 10.3. The van der Waals surface area contributed by atoms with E-state index in [2.05, 4.69) is 0 Å². The monoisotopic (exact) mass is 253 g/mol. The predicted octanol–water partition coefficient (Wildman–Crippen LogP) is 3.34. The Morgan fingerprint density at radius 1 is 1.35 bits per heavy atom. The van der Waals surface area contributed by atoms with Crippen LogP contribution in [0.4, 0.5) is 18.0 Å². The molecule has 3 nitrogen and oxygen atoms in total. The summed E-state index contributed by atoms with van der Waals surface area (Å²) in [6, 6.07) is -0.773. The van der Waals surface area contributed by atoms with E-state index in [0.717, 1.165) is 0 Å². The molecule has 1 saturated heterocycles. The van der Waals surface area contributed by atoms with E-state index in [0.29, 0.717) is 19.4 Å². The maximum atomic E-state index is 12.3. The Labute approximate surface area is 98.9 Å². The summed E-state index contributed by atoms with van der Waals surface area (Å²) >= 11 is 0. The molecule has 0 bridgehead atoms. The molecule has 1 rings (SSSR count). The van der Waals surface area contributed by atoms with Gasteiger partial charge in [0.1, 0.15) is 5.60 Å². The maximum Gasteiger partial charge on any atom is 0.410 e.